The van der Waals surface area contributed by atoms with Gasteiger partial charge in [0.25, 0.3) is 5.91 Å². The van der Waals surface area contributed by atoms with Crippen LogP contribution in [-0.4, -0.2) is 63.9 Å². The number of amides is 2. The number of likely N-dealkylation sites (tertiary alicyclic amines) is 1. The van der Waals surface area contributed by atoms with E-state index in [0.29, 0.717) is 23.4 Å². The van der Waals surface area contributed by atoms with E-state index in [9.17, 15) is 19.5 Å². The van der Waals surface area contributed by atoms with Gasteiger partial charge in [-0.05, 0) is 47.2 Å². The molecule has 3 unspecified atom stereocenters. The van der Waals surface area contributed by atoms with Crippen molar-refractivity contribution in [2.75, 3.05) is 13.2 Å². The van der Waals surface area contributed by atoms with E-state index in [4.69, 9.17) is 4.74 Å². The Morgan fingerprint density at radius 2 is 2.12 bits per heavy atom. The van der Waals surface area contributed by atoms with Crippen LogP contribution in [0, 0.1) is 0 Å². The smallest absolute Gasteiger partial charge is 0.262 e. The molecular weight excluding hydrogens is 454 g/mol. The molecule has 0 spiro atoms. The highest BCUT2D eigenvalue weighted by molar-refractivity contribution is 7.12. The third-order valence-corrected chi connectivity index (χ3v) is 7.10. The van der Waals surface area contributed by atoms with Crippen LogP contribution in [0.5, 0.6) is 5.75 Å². The maximum Gasteiger partial charge on any atom is 0.262 e. The van der Waals surface area contributed by atoms with E-state index >= 15 is 0 Å². The lowest BCUT2D eigenvalue weighted by Gasteiger charge is -2.27. The number of nitrogens with one attached hydrogen (secondary N) is 1. The number of carbonyl (C=O) groups excluding carboxylic acids is 3. The fourth-order valence-corrected chi connectivity index (χ4v) is 5.35. The van der Waals surface area contributed by atoms with Crippen molar-refractivity contribution >= 4 is 28.9 Å². The van der Waals surface area contributed by atoms with Crippen LogP contribution in [0.3, 0.4) is 0 Å². The molecule has 34 heavy (non-hydrogen) atoms. The van der Waals surface area contributed by atoms with Crippen LogP contribution in [0.2, 0.25) is 0 Å². The van der Waals surface area contributed by atoms with Crippen LogP contribution in [0.15, 0.2) is 60.2 Å². The fourth-order valence-electron chi connectivity index (χ4n) is 4.53. The first-order chi connectivity index (χ1) is 16.5. The summed E-state index contributed by atoms with van der Waals surface area (Å²) in [6.45, 7) is 0.408. The number of fused-ring (bicyclic) bond motifs is 1. The average molecular weight is 478 g/mol. The van der Waals surface area contributed by atoms with Crippen LogP contribution in [0.4, 0.5) is 0 Å². The lowest BCUT2D eigenvalue weighted by molar-refractivity contribution is -0.138. The Hall–Kier alpha value is -3.56. The zero-order chi connectivity index (χ0) is 23.7. The van der Waals surface area contributed by atoms with Gasteiger partial charge < -0.3 is 20.1 Å². The summed E-state index contributed by atoms with van der Waals surface area (Å²) in [5.74, 6) is -0.733. The minimum Gasteiger partial charge on any atom is -0.508 e. The van der Waals surface area contributed by atoms with Crippen LogP contribution < -0.4 is 5.32 Å². The lowest BCUT2D eigenvalue weighted by Crippen LogP contribution is -2.53. The zero-order valence-electron chi connectivity index (χ0n) is 18.2. The summed E-state index contributed by atoms with van der Waals surface area (Å²) >= 11 is 1.28. The van der Waals surface area contributed by atoms with Gasteiger partial charge in [0.05, 0.1) is 11.0 Å². The Labute approximate surface area is 200 Å². The first-order valence-electron chi connectivity index (χ1n) is 11.0. The van der Waals surface area contributed by atoms with Gasteiger partial charge in [-0.15, -0.1) is 11.3 Å². The van der Waals surface area contributed by atoms with E-state index in [-0.39, 0.29) is 42.5 Å². The highest BCUT2D eigenvalue weighted by atomic mass is 32.1. The minimum atomic E-state index is -0.898. The number of phenols is 1. The number of aromatic hydroxyl groups is 1. The van der Waals surface area contributed by atoms with Gasteiger partial charge >= 0.3 is 0 Å². The molecule has 2 saturated heterocycles. The number of hydrogen-bond acceptors (Lipinski definition) is 7. The van der Waals surface area contributed by atoms with Crippen molar-refractivity contribution in [1.29, 1.82) is 0 Å². The molecule has 5 rings (SSSR count). The van der Waals surface area contributed by atoms with Crippen molar-refractivity contribution in [3.8, 4) is 16.9 Å². The second kappa shape index (κ2) is 9.36. The first kappa shape index (κ1) is 22.2. The Bertz CT molecular complexity index is 1230. The summed E-state index contributed by atoms with van der Waals surface area (Å²) in [5.41, 5.74) is 2.47. The number of phenolic OH excluding ortho intramolecular Hbond substituents is 1. The second-order valence-electron chi connectivity index (χ2n) is 8.42. The normalized spacial score (nSPS) is 20.2. The maximum absolute atomic E-state index is 13.6. The van der Waals surface area contributed by atoms with Gasteiger partial charge in [0, 0.05) is 30.9 Å². The molecule has 1 aromatic carbocycles. The molecule has 0 saturated carbocycles. The number of Topliss-reactive ketones (excluding diaryl/α,β-unsaturated/α-hetero) is 1. The SMILES string of the molecule is O=C(NC(Cc1cccc(O)c1)C(=O)N1CCC2OCC(=O)C21)c1cc(-c2cccnc2)cs1. The van der Waals surface area contributed by atoms with Gasteiger partial charge in [-0.3, -0.25) is 19.4 Å². The predicted molar refractivity (Wildman–Crippen MR) is 125 cm³/mol. The summed E-state index contributed by atoms with van der Waals surface area (Å²) in [7, 11) is 0. The molecule has 2 fully saturated rings. The number of carbonyl (C=O) groups is 3. The zero-order valence-corrected chi connectivity index (χ0v) is 19.0. The van der Waals surface area contributed by atoms with E-state index in [0.717, 1.165) is 11.1 Å². The molecule has 2 aromatic heterocycles. The predicted octanol–water partition coefficient (Wildman–Crippen LogP) is 2.43. The van der Waals surface area contributed by atoms with Crippen molar-refractivity contribution in [1.82, 2.24) is 15.2 Å². The summed E-state index contributed by atoms with van der Waals surface area (Å²) in [4.78, 5) is 45.1. The van der Waals surface area contributed by atoms with Crippen molar-refractivity contribution in [2.45, 2.75) is 31.0 Å². The van der Waals surface area contributed by atoms with E-state index in [1.54, 1.807) is 42.7 Å². The number of pyridine rings is 1. The molecular formula is C25H23N3O5S. The van der Waals surface area contributed by atoms with Crippen LogP contribution in [0.1, 0.15) is 21.7 Å². The number of thiophene rings is 1. The quantitative estimate of drug-likeness (QED) is 0.565. The average Bonchev–Trinajstić information content (AvgIpc) is 3.57. The molecule has 3 aromatic rings. The molecule has 2 N–H and O–H groups in total. The molecule has 3 atom stereocenters. The largest absolute Gasteiger partial charge is 0.508 e. The molecule has 174 valence electrons. The number of benzene rings is 1. The summed E-state index contributed by atoms with van der Waals surface area (Å²) in [6, 6.07) is 10.6. The molecule has 0 aliphatic carbocycles. The van der Waals surface area contributed by atoms with Crippen molar-refractivity contribution in [3.63, 3.8) is 0 Å². The Balaban J connectivity index is 1.38. The fraction of sp³-hybridized carbons (Fsp3) is 0.280. The topological polar surface area (TPSA) is 109 Å². The van der Waals surface area contributed by atoms with Crippen molar-refractivity contribution < 1.29 is 24.2 Å². The molecule has 8 nitrogen and oxygen atoms in total. The third-order valence-electron chi connectivity index (χ3n) is 6.17. The molecule has 2 aliphatic heterocycles. The number of rotatable bonds is 6. The van der Waals surface area contributed by atoms with Gasteiger partial charge in [-0.1, -0.05) is 18.2 Å². The number of nitrogens with zero attached hydrogens (tertiary/aromatic N) is 2. The number of ether oxygens (including phenoxy) is 1. The van der Waals surface area contributed by atoms with Gasteiger partial charge in [0.15, 0.2) is 5.78 Å². The minimum absolute atomic E-state index is 0.00894. The van der Waals surface area contributed by atoms with E-state index < -0.39 is 12.1 Å². The summed E-state index contributed by atoms with van der Waals surface area (Å²) in [5, 5.41) is 14.6. The van der Waals surface area contributed by atoms with Gasteiger partial charge in [-0.25, -0.2) is 0 Å². The van der Waals surface area contributed by atoms with E-state index in [2.05, 4.69) is 10.3 Å². The molecule has 2 aliphatic rings. The van der Waals surface area contributed by atoms with E-state index in [1.807, 2.05) is 17.5 Å². The Kier molecular flexibility index (Phi) is 6.12. The van der Waals surface area contributed by atoms with Gasteiger partial charge in [0.1, 0.15) is 24.4 Å². The molecule has 0 radical (unpaired) electrons. The highest BCUT2D eigenvalue weighted by Gasteiger charge is 2.48. The van der Waals surface area contributed by atoms with Crippen molar-refractivity contribution in [2.24, 2.45) is 0 Å². The molecule has 0 bridgehead atoms. The Morgan fingerprint density at radius 1 is 1.24 bits per heavy atom. The van der Waals surface area contributed by atoms with Crippen molar-refractivity contribution in [3.05, 3.63) is 70.7 Å². The second-order valence-corrected chi connectivity index (χ2v) is 9.33. The van der Waals surface area contributed by atoms with Crippen LogP contribution >= 0.6 is 11.3 Å². The van der Waals surface area contributed by atoms with Crippen LogP contribution in [-0.2, 0) is 20.7 Å². The number of hydrogen-bond donors (Lipinski definition) is 2. The lowest BCUT2D eigenvalue weighted by atomic mass is 10.0. The maximum atomic E-state index is 13.6. The molecule has 2 amide bonds. The van der Waals surface area contributed by atoms with Crippen LogP contribution in [0.25, 0.3) is 11.1 Å². The highest BCUT2D eigenvalue weighted by Crippen LogP contribution is 2.29. The van der Waals surface area contributed by atoms with E-state index in [1.165, 1.54) is 16.2 Å². The summed E-state index contributed by atoms with van der Waals surface area (Å²) in [6.07, 6.45) is 3.90. The first-order valence-corrected chi connectivity index (χ1v) is 11.9. The number of aromatic nitrogens is 1. The summed E-state index contributed by atoms with van der Waals surface area (Å²) < 4.78 is 5.51. The monoisotopic (exact) mass is 477 g/mol. The van der Waals surface area contributed by atoms with Gasteiger partial charge in [-0.2, -0.15) is 0 Å². The number of ketones is 1. The molecule has 9 heteroatoms. The van der Waals surface area contributed by atoms with Gasteiger partial charge in [0.2, 0.25) is 5.91 Å². The molecule has 4 heterocycles. The standard InChI is InChI=1S/C25H23N3O5S/c29-18-5-1-3-15(9-18)10-19(25(32)28-8-6-21-23(28)20(30)13-33-21)27-24(31)22-11-17(14-34-22)16-4-2-7-26-12-16/h1-5,7,9,11-12,14,19,21,23,29H,6,8,10,13H2,(H,27,31). The Morgan fingerprint density at radius 3 is 2.91 bits per heavy atom. The third kappa shape index (κ3) is 4.44.